The molecule has 0 spiro atoms. The highest BCUT2D eigenvalue weighted by Crippen LogP contribution is 2.47. The molecule has 0 radical (unpaired) electrons. The molecule has 1 aromatic carbocycles. The van der Waals surface area contributed by atoms with E-state index in [0.29, 0.717) is 18.8 Å². The highest BCUT2D eigenvalue weighted by Gasteiger charge is 2.54. The predicted octanol–water partition coefficient (Wildman–Crippen LogP) is 3.87. The number of nitrogen functional groups attached to an aromatic ring is 1. The zero-order valence-electron chi connectivity index (χ0n) is 22.6. The van der Waals surface area contributed by atoms with Crippen LogP contribution in [0.2, 0.25) is 5.02 Å². The van der Waals surface area contributed by atoms with Crippen LogP contribution in [0.3, 0.4) is 0 Å². The van der Waals surface area contributed by atoms with E-state index in [9.17, 15) is 13.2 Å². The second kappa shape index (κ2) is 9.79. The van der Waals surface area contributed by atoms with Crippen LogP contribution in [0.15, 0.2) is 12.1 Å². The maximum Gasteiger partial charge on any atom is 0.418 e. The minimum atomic E-state index is -4.84. The number of hydrogen-bond donors (Lipinski definition) is 3. The van der Waals surface area contributed by atoms with E-state index < -0.39 is 34.4 Å². The third-order valence-corrected chi connectivity index (χ3v) is 9.09. The zero-order chi connectivity index (χ0) is 29.4. The van der Waals surface area contributed by atoms with Crippen LogP contribution in [0, 0.1) is 12.7 Å². The van der Waals surface area contributed by atoms with Crippen molar-refractivity contribution in [2.45, 2.75) is 62.4 Å². The fourth-order valence-corrected chi connectivity index (χ4v) is 6.89. The molecule has 14 heteroatoms. The van der Waals surface area contributed by atoms with Crippen molar-refractivity contribution in [1.29, 1.82) is 0 Å². The molecule has 2 aliphatic heterocycles. The van der Waals surface area contributed by atoms with Gasteiger partial charge in [-0.15, -0.1) is 0 Å². The fourth-order valence-electron chi connectivity index (χ4n) is 6.60. The number of hydrogen-bond acceptors (Lipinski definition) is 9. The van der Waals surface area contributed by atoms with Gasteiger partial charge >= 0.3 is 12.2 Å². The van der Waals surface area contributed by atoms with E-state index in [1.807, 2.05) is 11.9 Å². The molecule has 0 amide bonds. The molecule has 3 aromatic rings. The van der Waals surface area contributed by atoms with E-state index >= 15 is 4.39 Å². The molecule has 6 N–H and O–H groups in total. The standard InChI is InChI=1S/C27H31ClF4N8O/c1-12-8-17(33)36-22(19(12)27(30,31)32)18-15(28)9-14-21(20(18)29)37-25(41-10-13-4-3-7-39(13)2)38-24(14)40-11-26(35)6-5-16(40)23(26)34/h8-9,13,16,23H,3-7,10-11,34-35H2,1-2H3,(H2,33,36)/t13-,16+,23-,26-/m0/s1. The largest absolute Gasteiger partial charge is 0.462 e. The second-order valence-corrected chi connectivity index (χ2v) is 11.8. The van der Waals surface area contributed by atoms with Gasteiger partial charge in [-0.25, -0.2) is 9.37 Å². The molecule has 6 rings (SSSR count). The minimum Gasteiger partial charge on any atom is -0.462 e. The highest BCUT2D eigenvalue weighted by atomic mass is 35.5. The summed E-state index contributed by atoms with van der Waals surface area (Å²) in [7, 11) is 1.99. The van der Waals surface area contributed by atoms with E-state index in [0.717, 1.165) is 31.9 Å². The maximum absolute atomic E-state index is 16.5. The zero-order valence-corrected chi connectivity index (χ0v) is 23.4. The third-order valence-electron chi connectivity index (χ3n) is 8.80. The number of likely N-dealkylation sites (tertiary alicyclic amines) is 1. The van der Waals surface area contributed by atoms with E-state index in [4.69, 9.17) is 33.5 Å². The lowest BCUT2D eigenvalue weighted by molar-refractivity contribution is -0.137. The van der Waals surface area contributed by atoms with Crippen molar-refractivity contribution in [2.75, 3.05) is 37.4 Å². The Kier molecular flexibility index (Phi) is 6.72. The van der Waals surface area contributed by atoms with Gasteiger partial charge in [0.25, 0.3) is 0 Å². The van der Waals surface area contributed by atoms with Gasteiger partial charge in [0.2, 0.25) is 0 Å². The Balaban J connectivity index is 1.54. The number of nitrogens with two attached hydrogens (primary N) is 3. The number of nitrogens with zero attached hydrogens (tertiary/aromatic N) is 5. The number of rotatable bonds is 5. The summed E-state index contributed by atoms with van der Waals surface area (Å²) in [6.07, 6.45) is -1.46. The predicted molar refractivity (Wildman–Crippen MR) is 148 cm³/mol. The number of ether oxygens (including phenoxy) is 1. The third kappa shape index (κ3) is 4.62. The number of benzene rings is 1. The first-order valence-corrected chi connectivity index (χ1v) is 13.8. The van der Waals surface area contributed by atoms with Crippen LogP contribution in [0.25, 0.3) is 22.2 Å². The van der Waals surface area contributed by atoms with Crippen LogP contribution in [0.4, 0.5) is 29.2 Å². The first-order chi connectivity index (χ1) is 19.3. The Morgan fingerprint density at radius 1 is 1.20 bits per heavy atom. The lowest BCUT2D eigenvalue weighted by Crippen LogP contribution is -2.52. The lowest BCUT2D eigenvalue weighted by atomic mass is 9.97. The topological polar surface area (TPSA) is 132 Å². The fraction of sp³-hybridized carbons (Fsp3) is 0.519. The van der Waals surface area contributed by atoms with Crippen molar-refractivity contribution in [2.24, 2.45) is 11.5 Å². The average molecular weight is 595 g/mol. The van der Waals surface area contributed by atoms with E-state index in [2.05, 4.69) is 19.9 Å². The van der Waals surface area contributed by atoms with Gasteiger partial charge < -0.3 is 31.7 Å². The Morgan fingerprint density at radius 2 is 1.95 bits per heavy atom. The number of fused-ring (bicyclic) bond motifs is 3. The summed E-state index contributed by atoms with van der Waals surface area (Å²) < 4.78 is 64.9. The normalized spacial score (nSPS) is 26.5. The molecule has 1 saturated carbocycles. The molecular formula is C27H31ClF4N8O. The summed E-state index contributed by atoms with van der Waals surface area (Å²) in [4.78, 5) is 16.9. The van der Waals surface area contributed by atoms with Crippen molar-refractivity contribution in [3.8, 4) is 17.3 Å². The van der Waals surface area contributed by atoms with Gasteiger partial charge in [0, 0.05) is 30.1 Å². The monoisotopic (exact) mass is 594 g/mol. The molecule has 220 valence electrons. The van der Waals surface area contributed by atoms with Gasteiger partial charge in [-0.2, -0.15) is 23.1 Å². The molecule has 2 saturated heterocycles. The summed E-state index contributed by atoms with van der Waals surface area (Å²) in [6.45, 7) is 2.79. The first-order valence-electron chi connectivity index (χ1n) is 13.5. The molecule has 4 atom stereocenters. The second-order valence-electron chi connectivity index (χ2n) is 11.4. The number of piperidine rings is 1. The number of alkyl halides is 3. The summed E-state index contributed by atoms with van der Waals surface area (Å²) in [5.74, 6) is -0.972. The Morgan fingerprint density at radius 3 is 2.56 bits per heavy atom. The van der Waals surface area contributed by atoms with Crippen LogP contribution >= 0.6 is 11.6 Å². The van der Waals surface area contributed by atoms with Gasteiger partial charge in [0.15, 0.2) is 5.82 Å². The van der Waals surface area contributed by atoms with Gasteiger partial charge in [-0.05, 0) is 63.9 Å². The number of pyridine rings is 1. The smallest absolute Gasteiger partial charge is 0.418 e. The molecule has 41 heavy (non-hydrogen) atoms. The van der Waals surface area contributed by atoms with Crippen LogP contribution in [0.5, 0.6) is 6.01 Å². The first kappa shape index (κ1) is 28.1. The summed E-state index contributed by atoms with van der Waals surface area (Å²) >= 11 is 6.54. The molecule has 9 nitrogen and oxygen atoms in total. The van der Waals surface area contributed by atoms with Crippen molar-refractivity contribution >= 4 is 34.1 Å². The Labute approximate surface area is 239 Å². The molecular weight excluding hydrogens is 564 g/mol. The molecule has 3 aliphatic rings. The van der Waals surface area contributed by atoms with Crippen LogP contribution in [0.1, 0.15) is 36.8 Å². The average Bonchev–Trinajstić information content (AvgIpc) is 3.50. The van der Waals surface area contributed by atoms with Gasteiger partial charge in [0.05, 0.1) is 27.4 Å². The molecule has 4 heterocycles. The summed E-state index contributed by atoms with van der Waals surface area (Å²) in [6, 6.07) is 1.97. The van der Waals surface area contributed by atoms with Crippen molar-refractivity contribution in [1.82, 2.24) is 19.9 Å². The summed E-state index contributed by atoms with van der Waals surface area (Å²) in [5, 5.41) is -0.0840. The van der Waals surface area contributed by atoms with Crippen LogP contribution in [-0.4, -0.2) is 70.3 Å². The van der Waals surface area contributed by atoms with Crippen LogP contribution < -0.4 is 26.8 Å². The molecule has 2 aromatic heterocycles. The number of aromatic nitrogens is 3. The summed E-state index contributed by atoms with van der Waals surface area (Å²) in [5.41, 5.74) is 15.3. The minimum absolute atomic E-state index is 0.102. The van der Waals surface area contributed by atoms with Crippen molar-refractivity contribution < 1.29 is 22.3 Å². The number of halogens is 5. The van der Waals surface area contributed by atoms with Gasteiger partial charge in [0.1, 0.15) is 23.8 Å². The van der Waals surface area contributed by atoms with Gasteiger partial charge in [-0.3, -0.25) is 0 Å². The van der Waals surface area contributed by atoms with Gasteiger partial charge in [-0.1, -0.05) is 11.6 Å². The molecule has 3 fully saturated rings. The van der Waals surface area contributed by atoms with Crippen molar-refractivity contribution in [3.05, 3.63) is 34.1 Å². The molecule has 0 unspecified atom stereocenters. The van der Waals surface area contributed by atoms with Crippen LogP contribution in [-0.2, 0) is 6.18 Å². The lowest BCUT2D eigenvalue weighted by Gasteiger charge is -2.31. The quantitative estimate of drug-likeness (QED) is 0.377. The Bertz CT molecular complexity index is 1540. The number of likely N-dealkylation sites (N-methyl/N-ethyl adjacent to an activating group) is 1. The molecule has 1 aliphatic carbocycles. The van der Waals surface area contributed by atoms with E-state index in [-0.39, 0.29) is 58.0 Å². The van der Waals surface area contributed by atoms with Crippen molar-refractivity contribution in [3.63, 3.8) is 0 Å². The Hall–Kier alpha value is -3.00. The maximum atomic E-state index is 16.5. The number of aryl methyl sites for hydroxylation is 1. The van der Waals surface area contributed by atoms with E-state index in [1.54, 1.807) is 0 Å². The highest BCUT2D eigenvalue weighted by molar-refractivity contribution is 6.34. The SMILES string of the molecule is Cc1cc(N)nc(-c2c(Cl)cc3c(N4C[C@@]5(N)CC[C@@H]4[C@@H]5N)nc(OC[C@@H]4CCCN4C)nc3c2F)c1C(F)(F)F. The number of anilines is 2. The molecule has 2 bridgehead atoms. The van der Waals surface area contributed by atoms with E-state index in [1.165, 1.54) is 13.0 Å².